The summed E-state index contributed by atoms with van der Waals surface area (Å²) < 4.78 is 11.2. The first-order valence-electron chi connectivity index (χ1n) is 13.1. The Kier molecular flexibility index (Phi) is 7.72. The van der Waals surface area contributed by atoms with Crippen molar-refractivity contribution in [2.75, 3.05) is 57.7 Å². The number of hydrogen-bond acceptors (Lipinski definition) is 8. The third-order valence-electron chi connectivity index (χ3n) is 7.55. The van der Waals surface area contributed by atoms with Crippen molar-refractivity contribution in [3.8, 4) is 11.5 Å². The van der Waals surface area contributed by atoms with Crippen molar-refractivity contribution in [1.29, 1.82) is 0 Å². The molecule has 5 rings (SSSR count). The summed E-state index contributed by atoms with van der Waals surface area (Å²) in [5.74, 6) is 3.04. The molecule has 0 atom stereocenters. The Morgan fingerprint density at radius 1 is 0.861 bits per heavy atom. The molecule has 0 radical (unpaired) electrons. The average molecular weight is 491 g/mol. The topological polar surface area (TPSA) is 74.8 Å². The van der Waals surface area contributed by atoms with Gasteiger partial charge >= 0.3 is 0 Å². The smallest absolute Gasteiger partial charge is 0.227 e. The molecule has 0 unspecified atom stereocenters. The molecular formula is C28H38N6O2. The zero-order valence-corrected chi connectivity index (χ0v) is 21.7. The van der Waals surface area contributed by atoms with Crippen molar-refractivity contribution in [3.05, 3.63) is 48.0 Å². The van der Waals surface area contributed by atoms with Crippen LogP contribution in [0.25, 0.3) is 10.9 Å². The van der Waals surface area contributed by atoms with E-state index in [1.807, 2.05) is 19.2 Å². The summed E-state index contributed by atoms with van der Waals surface area (Å²) in [5, 5.41) is 8.15. The molecule has 2 fully saturated rings. The van der Waals surface area contributed by atoms with Crippen molar-refractivity contribution in [1.82, 2.24) is 20.2 Å². The van der Waals surface area contributed by atoms with Crippen LogP contribution in [0, 0.1) is 0 Å². The third kappa shape index (κ3) is 5.50. The van der Waals surface area contributed by atoms with Gasteiger partial charge in [0.2, 0.25) is 5.95 Å². The van der Waals surface area contributed by atoms with Crippen LogP contribution >= 0.6 is 0 Å². The molecule has 3 heterocycles. The van der Waals surface area contributed by atoms with E-state index in [0.29, 0.717) is 23.6 Å². The second-order valence-electron chi connectivity index (χ2n) is 9.83. The van der Waals surface area contributed by atoms with Crippen molar-refractivity contribution < 1.29 is 9.47 Å². The van der Waals surface area contributed by atoms with Gasteiger partial charge in [0.05, 0.1) is 19.7 Å². The highest BCUT2D eigenvalue weighted by molar-refractivity contribution is 5.93. The molecule has 0 amide bonds. The number of benzene rings is 2. The molecule has 0 aliphatic carbocycles. The van der Waals surface area contributed by atoms with E-state index in [1.54, 1.807) is 14.2 Å². The predicted molar refractivity (Wildman–Crippen MR) is 145 cm³/mol. The van der Waals surface area contributed by atoms with Gasteiger partial charge < -0.3 is 25.0 Å². The van der Waals surface area contributed by atoms with E-state index < -0.39 is 0 Å². The number of nitrogens with one attached hydrogen (secondary N) is 2. The average Bonchev–Trinajstić information content (AvgIpc) is 2.94. The van der Waals surface area contributed by atoms with Gasteiger partial charge in [0.25, 0.3) is 0 Å². The molecular weight excluding hydrogens is 452 g/mol. The molecule has 0 saturated carbocycles. The van der Waals surface area contributed by atoms with Crippen LogP contribution in [0.2, 0.25) is 0 Å². The summed E-state index contributed by atoms with van der Waals surface area (Å²) in [7, 11) is 5.37. The largest absolute Gasteiger partial charge is 0.493 e. The van der Waals surface area contributed by atoms with Crippen LogP contribution < -0.4 is 25.0 Å². The van der Waals surface area contributed by atoms with E-state index in [4.69, 9.17) is 19.4 Å². The minimum absolute atomic E-state index is 0.367. The standard InChI is InChI=1S/C28H38N6O2/c1-29-21-11-15-34(16-12-21)28-31-24-18-26(36-3)25(35-2)17-23(24)27(32-28)30-22-9-13-33(14-10-22)19-20-7-5-4-6-8-20/h4-8,17-18,21-22,29H,9-16,19H2,1-3H3,(H,30,31,32). The number of hydrogen-bond donors (Lipinski definition) is 2. The van der Waals surface area contributed by atoms with Gasteiger partial charge in [0, 0.05) is 56.3 Å². The molecule has 8 heteroatoms. The highest BCUT2D eigenvalue weighted by atomic mass is 16.5. The number of rotatable bonds is 8. The van der Waals surface area contributed by atoms with Gasteiger partial charge in [-0.3, -0.25) is 4.90 Å². The van der Waals surface area contributed by atoms with Crippen molar-refractivity contribution in [2.24, 2.45) is 0 Å². The number of ether oxygens (including phenoxy) is 2. The summed E-state index contributed by atoms with van der Waals surface area (Å²) >= 11 is 0. The molecule has 2 N–H and O–H groups in total. The summed E-state index contributed by atoms with van der Waals surface area (Å²) in [6.07, 6.45) is 4.34. The highest BCUT2D eigenvalue weighted by Crippen LogP contribution is 2.36. The van der Waals surface area contributed by atoms with Crippen molar-refractivity contribution in [3.63, 3.8) is 0 Å². The number of nitrogens with zero attached hydrogens (tertiary/aromatic N) is 4. The number of aromatic nitrogens is 2. The van der Waals surface area contributed by atoms with Crippen molar-refractivity contribution >= 4 is 22.7 Å². The Labute approximate surface area is 214 Å². The summed E-state index contributed by atoms with van der Waals surface area (Å²) in [6.45, 7) is 5.03. The van der Waals surface area contributed by atoms with E-state index in [0.717, 1.165) is 81.1 Å². The number of fused-ring (bicyclic) bond motifs is 1. The molecule has 2 saturated heterocycles. The minimum atomic E-state index is 0.367. The Morgan fingerprint density at radius 3 is 2.19 bits per heavy atom. The summed E-state index contributed by atoms with van der Waals surface area (Å²) in [5.41, 5.74) is 2.25. The van der Waals surface area contributed by atoms with E-state index in [1.165, 1.54) is 5.56 Å². The van der Waals surface area contributed by atoms with Gasteiger partial charge in [0.1, 0.15) is 5.82 Å². The molecule has 0 spiro atoms. The fraction of sp³-hybridized carbons (Fsp3) is 0.500. The fourth-order valence-electron chi connectivity index (χ4n) is 5.33. The van der Waals surface area contributed by atoms with Gasteiger partial charge in [-0.15, -0.1) is 0 Å². The second kappa shape index (κ2) is 11.3. The van der Waals surface area contributed by atoms with Crippen LogP contribution in [0.5, 0.6) is 11.5 Å². The van der Waals surface area contributed by atoms with Crippen LogP contribution in [0.4, 0.5) is 11.8 Å². The SMILES string of the molecule is CNC1CCN(c2nc(NC3CCN(Cc4ccccc4)CC3)c3cc(OC)c(OC)cc3n2)CC1. The maximum atomic E-state index is 5.60. The maximum absolute atomic E-state index is 5.60. The number of anilines is 2. The van der Waals surface area contributed by atoms with Gasteiger partial charge in [-0.25, -0.2) is 4.98 Å². The lowest BCUT2D eigenvalue weighted by Crippen LogP contribution is -2.42. The first-order valence-corrected chi connectivity index (χ1v) is 13.1. The molecule has 2 aromatic carbocycles. The Balaban J connectivity index is 1.37. The normalized spacial score (nSPS) is 17.9. The Morgan fingerprint density at radius 2 is 1.53 bits per heavy atom. The predicted octanol–water partition coefficient (Wildman–Crippen LogP) is 3.91. The summed E-state index contributed by atoms with van der Waals surface area (Å²) in [6, 6.07) is 15.6. The minimum Gasteiger partial charge on any atom is -0.493 e. The molecule has 192 valence electrons. The Hall–Kier alpha value is -3.10. The molecule has 8 nitrogen and oxygen atoms in total. The monoisotopic (exact) mass is 490 g/mol. The zero-order chi connectivity index (χ0) is 24.9. The lowest BCUT2D eigenvalue weighted by atomic mass is 10.0. The molecule has 3 aromatic rings. The molecule has 1 aromatic heterocycles. The number of piperidine rings is 2. The molecule has 2 aliphatic heterocycles. The van der Waals surface area contributed by atoms with E-state index in [9.17, 15) is 0 Å². The lowest BCUT2D eigenvalue weighted by Gasteiger charge is -2.34. The van der Waals surface area contributed by atoms with Crippen molar-refractivity contribution in [2.45, 2.75) is 44.3 Å². The molecule has 36 heavy (non-hydrogen) atoms. The number of likely N-dealkylation sites (tertiary alicyclic amines) is 1. The second-order valence-corrected chi connectivity index (χ2v) is 9.83. The maximum Gasteiger partial charge on any atom is 0.227 e. The molecule has 2 aliphatic rings. The van der Waals surface area contributed by atoms with Gasteiger partial charge in [-0.2, -0.15) is 4.98 Å². The van der Waals surface area contributed by atoms with E-state index in [2.05, 4.69) is 50.8 Å². The van der Waals surface area contributed by atoms with Gasteiger partial charge in [-0.1, -0.05) is 30.3 Å². The van der Waals surface area contributed by atoms with Gasteiger partial charge in [-0.05, 0) is 44.4 Å². The highest BCUT2D eigenvalue weighted by Gasteiger charge is 2.24. The number of methoxy groups -OCH3 is 2. The summed E-state index contributed by atoms with van der Waals surface area (Å²) in [4.78, 5) is 14.9. The third-order valence-corrected chi connectivity index (χ3v) is 7.55. The van der Waals surface area contributed by atoms with Crippen LogP contribution in [0.1, 0.15) is 31.2 Å². The first kappa shape index (κ1) is 24.6. The van der Waals surface area contributed by atoms with Crippen LogP contribution in [-0.2, 0) is 6.54 Å². The Bertz CT molecular complexity index is 1140. The quantitative estimate of drug-likeness (QED) is 0.492. The van der Waals surface area contributed by atoms with Crippen LogP contribution in [-0.4, -0.2) is 74.4 Å². The van der Waals surface area contributed by atoms with E-state index in [-0.39, 0.29) is 0 Å². The van der Waals surface area contributed by atoms with Gasteiger partial charge in [0.15, 0.2) is 11.5 Å². The van der Waals surface area contributed by atoms with Crippen LogP contribution in [0.3, 0.4) is 0 Å². The van der Waals surface area contributed by atoms with E-state index >= 15 is 0 Å². The molecule has 0 bridgehead atoms. The lowest BCUT2D eigenvalue weighted by molar-refractivity contribution is 0.211. The fourth-order valence-corrected chi connectivity index (χ4v) is 5.33. The van der Waals surface area contributed by atoms with Crippen LogP contribution in [0.15, 0.2) is 42.5 Å². The first-order chi connectivity index (χ1) is 17.7. The zero-order valence-electron chi connectivity index (χ0n) is 21.7.